The smallest absolute Gasteiger partial charge is 0.328 e. The van der Waals surface area contributed by atoms with E-state index in [1.54, 1.807) is 5.38 Å². The lowest BCUT2D eigenvalue weighted by Gasteiger charge is -2.28. The quantitative estimate of drug-likeness (QED) is 0.552. The number of hydrogen-bond donors (Lipinski definition) is 3. The molecule has 0 atom stereocenters. The average Bonchev–Trinajstić information content (AvgIpc) is 2.66. The van der Waals surface area contributed by atoms with Crippen molar-refractivity contribution in [1.29, 1.82) is 0 Å². The summed E-state index contributed by atoms with van der Waals surface area (Å²) in [5.74, 6) is -2.07. The zero-order valence-corrected chi connectivity index (χ0v) is 8.13. The van der Waals surface area contributed by atoms with Crippen molar-refractivity contribution in [2.75, 3.05) is 0 Å². The summed E-state index contributed by atoms with van der Waals surface area (Å²) in [5.41, 5.74) is -2.16. The third kappa shape index (κ3) is 1.32. The Bertz CT molecular complexity index is 420. The molecule has 7 heteroatoms. The maximum atomic E-state index is 11.4. The van der Waals surface area contributed by atoms with Gasteiger partial charge in [0.25, 0.3) is 11.8 Å². The molecule has 0 bridgehead atoms. The normalized spacial score (nSPS) is 19.7. The van der Waals surface area contributed by atoms with Crippen LogP contribution in [0.2, 0.25) is 0 Å². The summed E-state index contributed by atoms with van der Waals surface area (Å²) < 4.78 is 0. The van der Waals surface area contributed by atoms with Crippen LogP contribution in [0.5, 0.6) is 0 Å². The van der Waals surface area contributed by atoms with E-state index in [0.717, 1.165) is 0 Å². The van der Waals surface area contributed by atoms with Crippen molar-refractivity contribution in [3.05, 3.63) is 22.4 Å². The lowest BCUT2D eigenvalue weighted by molar-refractivity contribution is -0.155. The van der Waals surface area contributed by atoms with E-state index < -0.39 is 23.4 Å². The Morgan fingerprint density at radius 3 is 2.27 bits per heavy atom. The number of amides is 4. The second-order valence-electron chi connectivity index (χ2n) is 2.96. The van der Waals surface area contributed by atoms with Gasteiger partial charge in [0.05, 0.1) is 0 Å². The van der Waals surface area contributed by atoms with E-state index in [4.69, 9.17) is 0 Å². The number of thiophene rings is 1. The van der Waals surface area contributed by atoms with Crippen LogP contribution in [0, 0.1) is 0 Å². The molecule has 2 heterocycles. The van der Waals surface area contributed by atoms with Crippen LogP contribution in [0.3, 0.4) is 0 Å². The van der Waals surface area contributed by atoms with E-state index in [9.17, 15) is 19.5 Å². The summed E-state index contributed by atoms with van der Waals surface area (Å²) in [6.07, 6.45) is 0. The zero-order chi connectivity index (χ0) is 11.1. The highest BCUT2D eigenvalue weighted by Gasteiger charge is 2.50. The van der Waals surface area contributed by atoms with E-state index in [1.165, 1.54) is 22.8 Å². The predicted molar refractivity (Wildman–Crippen MR) is 49.9 cm³/mol. The Labute approximate surface area is 87.9 Å². The first-order chi connectivity index (χ1) is 7.05. The van der Waals surface area contributed by atoms with Crippen LogP contribution in [0.15, 0.2) is 16.8 Å². The lowest BCUT2D eigenvalue weighted by Crippen LogP contribution is -2.64. The van der Waals surface area contributed by atoms with Crippen LogP contribution in [0.4, 0.5) is 4.79 Å². The third-order valence-electron chi connectivity index (χ3n) is 2.05. The van der Waals surface area contributed by atoms with Gasteiger partial charge in [0, 0.05) is 5.56 Å². The van der Waals surface area contributed by atoms with Gasteiger partial charge in [-0.2, -0.15) is 11.3 Å². The Morgan fingerprint density at radius 2 is 1.80 bits per heavy atom. The SMILES string of the molecule is O=C1NC(=O)C(O)(c2ccsc2)C(=O)N1. The minimum absolute atomic E-state index is 0.148. The highest BCUT2D eigenvalue weighted by molar-refractivity contribution is 7.08. The molecule has 0 saturated carbocycles. The summed E-state index contributed by atoms with van der Waals surface area (Å²) in [6, 6.07) is 0.518. The maximum Gasteiger partial charge on any atom is 0.328 e. The van der Waals surface area contributed by atoms with E-state index in [1.807, 2.05) is 10.6 Å². The molecule has 1 saturated heterocycles. The van der Waals surface area contributed by atoms with Gasteiger partial charge in [-0.1, -0.05) is 0 Å². The molecule has 1 aliphatic rings. The maximum absolute atomic E-state index is 11.4. The Hall–Kier alpha value is -1.73. The third-order valence-corrected chi connectivity index (χ3v) is 2.73. The van der Waals surface area contributed by atoms with Crippen molar-refractivity contribution in [2.24, 2.45) is 0 Å². The highest BCUT2D eigenvalue weighted by atomic mass is 32.1. The molecular weight excluding hydrogens is 220 g/mol. The highest BCUT2D eigenvalue weighted by Crippen LogP contribution is 2.25. The standard InChI is InChI=1S/C8H6N2O4S/c11-5-8(14,4-1-2-15-3-4)6(12)10-7(13)9-5/h1-3,14H,(H2,9,10,11,12,13). The Balaban J connectivity index is 2.46. The van der Waals surface area contributed by atoms with Crippen molar-refractivity contribution in [3.8, 4) is 0 Å². The zero-order valence-electron chi connectivity index (χ0n) is 7.31. The van der Waals surface area contributed by atoms with Crippen molar-refractivity contribution in [2.45, 2.75) is 5.60 Å². The number of nitrogens with one attached hydrogen (secondary N) is 2. The molecule has 3 N–H and O–H groups in total. The van der Waals surface area contributed by atoms with Crippen molar-refractivity contribution in [1.82, 2.24) is 10.6 Å². The summed E-state index contributed by atoms with van der Waals surface area (Å²) in [4.78, 5) is 33.6. The van der Waals surface area contributed by atoms with Crippen LogP contribution < -0.4 is 10.6 Å². The van der Waals surface area contributed by atoms with Crippen molar-refractivity contribution < 1.29 is 19.5 Å². The number of urea groups is 1. The first kappa shape index (κ1) is 9.81. The molecule has 2 rings (SSSR count). The van der Waals surface area contributed by atoms with Crippen LogP contribution in [0.25, 0.3) is 0 Å². The molecule has 15 heavy (non-hydrogen) atoms. The van der Waals surface area contributed by atoms with E-state index in [2.05, 4.69) is 0 Å². The van der Waals surface area contributed by atoms with Gasteiger partial charge in [-0.15, -0.1) is 0 Å². The fraction of sp³-hybridized carbons (Fsp3) is 0.125. The van der Waals surface area contributed by atoms with Gasteiger partial charge in [0.1, 0.15) is 0 Å². The van der Waals surface area contributed by atoms with Crippen molar-refractivity contribution >= 4 is 29.2 Å². The summed E-state index contributed by atoms with van der Waals surface area (Å²) in [5, 5.41) is 16.7. The number of carbonyl (C=O) groups excluding carboxylic acids is 3. The first-order valence-corrected chi connectivity index (χ1v) is 4.91. The van der Waals surface area contributed by atoms with Crippen LogP contribution in [-0.2, 0) is 15.2 Å². The number of barbiturate groups is 1. The van der Waals surface area contributed by atoms with Crippen LogP contribution >= 0.6 is 11.3 Å². The molecule has 0 spiro atoms. The Kier molecular flexibility index (Phi) is 2.06. The van der Waals surface area contributed by atoms with E-state index in [-0.39, 0.29) is 5.56 Å². The molecule has 1 aromatic heterocycles. The fourth-order valence-electron chi connectivity index (χ4n) is 1.25. The van der Waals surface area contributed by atoms with Gasteiger partial charge in [-0.05, 0) is 16.8 Å². The number of hydrogen-bond acceptors (Lipinski definition) is 5. The minimum atomic E-state index is -2.31. The summed E-state index contributed by atoms with van der Waals surface area (Å²) in [6.45, 7) is 0. The molecule has 4 amide bonds. The van der Waals surface area contributed by atoms with E-state index in [0.29, 0.717) is 0 Å². The second kappa shape index (κ2) is 3.14. The molecule has 0 radical (unpaired) electrons. The van der Waals surface area contributed by atoms with Gasteiger partial charge >= 0.3 is 6.03 Å². The molecular formula is C8H6N2O4S. The van der Waals surface area contributed by atoms with E-state index >= 15 is 0 Å². The lowest BCUT2D eigenvalue weighted by atomic mass is 9.93. The molecule has 0 aromatic carbocycles. The van der Waals surface area contributed by atoms with Gasteiger partial charge in [0.15, 0.2) is 0 Å². The Morgan fingerprint density at radius 1 is 1.20 bits per heavy atom. The summed E-state index contributed by atoms with van der Waals surface area (Å²) in [7, 11) is 0. The van der Waals surface area contributed by atoms with Gasteiger partial charge in [-0.3, -0.25) is 20.2 Å². The predicted octanol–water partition coefficient (Wildman–Crippen LogP) is -0.698. The molecule has 0 aliphatic carbocycles. The molecule has 6 nitrogen and oxygen atoms in total. The molecule has 1 aromatic rings. The molecule has 0 unspecified atom stereocenters. The fourth-order valence-corrected chi connectivity index (χ4v) is 1.95. The minimum Gasteiger partial charge on any atom is -0.368 e. The number of rotatable bonds is 1. The number of aliphatic hydroxyl groups is 1. The van der Waals surface area contributed by atoms with Crippen LogP contribution in [-0.4, -0.2) is 23.0 Å². The number of imide groups is 2. The van der Waals surface area contributed by atoms with Gasteiger partial charge in [-0.25, -0.2) is 4.79 Å². The molecule has 1 fully saturated rings. The molecule has 78 valence electrons. The van der Waals surface area contributed by atoms with Gasteiger partial charge in [0.2, 0.25) is 5.60 Å². The summed E-state index contributed by atoms with van der Waals surface area (Å²) >= 11 is 1.23. The van der Waals surface area contributed by atoms with Crippen LogP contribution in [0.1, 0.15) is 5.56 Å². The second-order valence-corrected chi connectivity index (χ2v) is 3.74. The molecule has 1 aliphatic heterocycles. The largest absolute Gasteiger partial charge is 0.368 e. The first-order valence-electron chi connectivity index (χ1n) is 3.97. The average molecular weight is 226 g/mol. The number of carbonyl (C=O) groups is 3. The van der Waals surface area contributed by atoms with Gasteiger partial charge < -0.3 is 5.11 Å². The monoisotopic (exact) mass is 226 g/mol. The topological polar surface area (TPSA) is 95.5 Å². The van der Waals surface area contributed by atoms with Crippen molar-refractivity contribution in [3.63, 3.8) is 0 Å².